The Balaban J connectivity index is 1.02. The van der Waals surface area contributed by atoms with E-state index >= 15 is 0 Å². The maximum atomic E-state index is 5.14. The van der Waals surface area contributed by atoms with Crippen LogP contribution in [-0.2, 0) is 0 Å². The van der Waals surface area contributed by atoms with Gasteiger partial charge in [0.25, 0.3) is 0 Å². The first kappa shape index (κ1) is 31.9. The van der Waals surface area contributed by atoms with E-state index < -0.39 is 0 Å². The number of hydrogen-bond donors (Lipinski definition) is 0. The van der Waals surface area contributed by atoms with Gasteiger partial charge in [0.15, 0.2) is 0 Å². The fraction of sp³-hybridized carbons (Fsp3) is 0. The molecule has 0 aliphatic heterocycles. The van der Waals surface area contributed by atoms with Crippen molar-refractivity contribution >= 4 is 43.7 Å². The number of para-hydroxylation sites is 2. The van der Waals surface area contributed by atoms with Crippen LogP contribution >= 0.6 is 0 Å². The molecule has 5 aromatic heterocycles. The van der Waals surface area contributed by atoms with Gasteiger partial charge in [0.2, 0.25) is 0 Å². The molecule has 0 saturated carbocycles. The maximum Gasteiger partial charge on any atom is 0.145 e. The van der Waals surface area contributed by atoms with E-state index in [4.69, 9.17) is 9.97 Å². The molecule has 5 heterocycles. The number of pyridine rings is 3. The molecule has 0 bridgehead atoms. The third-order valence-electron chi connectivity index (χ3n) is 10.8. The first-order valence-electron chi connectivity index (χ1n) is 18.8. The lowest BCUT2D eigenvalue weighted by molar-refractivity contribution is 1.14. The molecular weight excluding hydrogens is 683 g/mol. The molecule has 0 radical (unpaired) electrons. The number of aromatic nitrogens is 5. The summed E-state index contributed by atoms with van der Waals surface area (Å²) < 4.78 is 4.64. The van der Waals surface area contributed by atoms with Gasteiger partial charge < -0.3 is 4.57 Å². The molecule has 11 rings (SSSR count). The van der Waals surface area contributed by atoms with E-state index in [0.29, 0.717) is 0 Å². The molecule has 0 fully saturated rings. The lowest BCUT2D eigenvalue weighted by atomic mass is 10.0. The van der Waals surface area contributed by atoms with E-state index in [1.807, 2.05) is 54.9 Å². The number of benzene rings is 6. The number of hydrogen-bond acceptors (Lipinski definition) is 3. The molecule has 6 aromatic carbocycles. The monoisotopic (exact) mass is 715 g/mol. The summed E-state index contributed by atoms with van der Waals surface area (Å²) in [7, 11) is 0. The van der Waals surface area contributed by atoms with Gasteiger partial charge >= 0.3 is 0 Å². The number of nitrogens with zero attached hydrogens (tertiary/aromatic N) is 5. The van der Waals surface area contributed by atoms with E-state index in [1.165, 1.54) is 27.4 Å². The van der Waals surface area contributed by atoms with E-state index in [0.717, 1.165) is 72.6 Å². The Kier molecular flexibility index (Phi) is 7.42. The third-order valence-corrected chi connectivity index (χ3v) is 10.8. The molecule has 0 amide bonds. The Labute approximate surface area is 323 Å². The highest BCUT2D eigenvalue weighted by Gasteiger charge is 2.17. The van der Waals surface area contributed by atoms with Gasteiger partial charge in [0, 0.05) is 62.0 Å². The molecule has 0 unspecified atom stereocenters. The van der Waals surface area contributed by atoms with Crippen molar-refractivity contribution in [2.75, 3.05) is 0 Å². The van der Waals surface area contributed by atoms with Crippen molar-refractivity contribution in [2.45, 2.75) is 0 Å². The average molecular weight is 716 g/mol. The molecule has 56 heavy (non-hydrogen) atoms. The Morgan fingerprint density at radius 1 is 0.304 bits per heavy atom. The van der Waals surface area contributed by atoms with Crippen LogP contribution in [0.2, 0.25) is 0 Å². The van der Waals surface area contributed by atoms with Crippen molar-refractivity contribution in [1.29, 1.82) is 0 Å². The van der Waals surface area contributed by atoms with Crippen LogP contribution < -0.4 is 0 Å². The van der Waals surface area contributed by atoms with Crippen LogP contribution in [0, 0.1) is 0 Å². The molecule has 0 aliphatic rings. The Morgan fingerprint density at radius 2 is 0.911 bits per heavy atom. The van der Waals surface area contributed by atoms with Crippen LogP contribution in [0.5, 0.6) is 0 Å². The van der Waals surface area contributed by atoms with Gasteiger partial charge in [-0.05, 0) is 96.1 Å². The second kappa shape index (κ2) is 13.0. The largest absolute Gasteiger partial charge is 0.309 e. The summed E-state index contributed by atoms with van der Waals surface area (Å²) in [6.45, 7) is 0. The third kappa shape index (κ3) is 5.29. The zero-order valence-electron chi connectivity index (χ0n) is 30.3. The zero-order valence-corrected chi connectivity index (χ0v) is 30.3. The van der Waals surface area contributed by atoms with Crippen LogP contribution in [-0.4, -0.2) is 24.1 Å². The highest BCUT2D eigenvalue weighted by Crippen LogP contribution is 2.38. The minimum atomic E-state index is 0.895. The van der Waals surface area contributed by atoms with Crippen LogP contribution in [0.4, 0.5) is 0 Å². The first-order chi connectivity index (χ1) is 27.8. The standard InChI is InChI=1S/C51H33N5/c1-3-12-34(13-4-1)46-31-38(45-18-9-10-28-52-45)32-47(54-46)35-20-24-40(25-21-35)56-49-27-23-36(30-44(49)43-17-11-29-53-51(43)56)37-22-26-42-41-16-7-8-19-48(41)55(50(42)33-37)39-14-5-2-6-15-39/h1-33H. The molecule has 0 aliphatic carbocycles. The molecule has 5 heteroatoms. The van der Waals surface area contributed by atoms with Crippen molar-refractivity contribution in [2.24, 2.45) is 0 Å². The Hall–Kier alpha value is -7.63. The predicted molar refractivity (Wildman–Crippen MR) is 230 cm³/mol. The second-order valence-electron chi connectivity index (χ2n) is 14.1. The van der Waals surface area contributed by atoms with Gasteiger partial charge in [0.05, 0.1) is 33.6 Å². The summed E-state index contributed by atoms with van der Waals surface area (Å²) in [6.07, 6.45) is 3.71. The highest BCUT2D eigenvalue weighted by molar-refractivity contribution is 6.12. The van der Waals surface area contributed by atoms with Gasteiger partial charge in [-0.2, -0.15) is 0 Å². The van der Waals surface area contributed by atoms with E-state index in [-0.39, 0.29) is 0 Å². The van der Waals surface area contributed by atoms with Crippen molar-refractivity contribution in [3.05, 3.63) is 200 Å². The van der Waals surface area contributed by atoms with Crippen molar-refractivity contribution in [3.8, 4) is 56.3 Å². The van der Waals surface area contributed by atoms with Crippen LogP contribution in [0.3, 0.4) is 0 Å². The molecule has 0 spiro atoms. The molecule has 0 N–H and O–H groups in total. The first-order valence-corrected chi connectivity index (χ1v) is 18.8. The summed E-state index contributed by atoms with van der Waals surface area (Å²) in [4.78, 5) is 14.7. The van der Waals surface area contributed by atoms with E-state index in [2.05, 4.69) is 160 Å². The number of rotatable bonds is 6. The summed E-state index contributed by atoms with van der Waals surface area (Å²) in [5, 5.41) is 4.77. The fourth-order valence-electron chi connectivity index (χ4n) is 8.19. The van der Waals surface area contributed by atoms with Crippen molar-refractivity contribution < 1.29 is 0 Å². The Morgan fingerprint density at radius 3 is 1.71 bits per heavy atom. The molecule has 5 nitrogen and oxygen atoms in total. The molecule has 0 atom stereocenters. The number of fused-ring (bicyclic) bond motifs is 6. The Bertz CT molecular complexity index is 3160. The molecular formula is C51H33N5. The van der Waals surface area contributed by atoms with Gasteiger partial charge in [-0.15, -0.1) is 0 Å². The zero-order chi connectivity index (χ0) is 37.0. The second-order valence-corrected chi connectivity index (χ2v) is 14.1. The summed E-state index contributed by atoms with van der Waals surface area (Å²) >= 11 is 0. The fourth-order valence-corrected chi connectivity index (χ4v) is 8.19. The lowest BCUT2D eigenvalue weighted by Gasteiger charge is -2.12. The smallest absolute Gasteiger partial charge is 0.145 e. The minimum Gasteiger partial charge on any atom is -0.309 e. The van der Waals surface area contributed by atoms with Gasteiger partial charge in [-0.25, -0.2) is 9.97 Å². The van der Waals surface area contributed by atoms with Crippen LogP contribution in [0.25, 0.3) is 100 Å². The predicted octanol–water partition coefficient (Wildman–Crippen LogP) is 12.7. The SMILES string of the molecule is c1ccc(-c2cc(-c3ccccn3)cc(-c3ccc(-n4c5ccc(-c6ccc7c8ccccc8n(-c8ccccc8)c7c6)cc5c5cccnc54)cc3)n2)cc1. The summed E-state index contributed by atoms with van der Waals surface area (Å²) in [5.41, 5.74) is 14.8. The molecule has 0 saturated heterocycles. The van der Waals surface area contributed by atoms with Gasteiger partial charge in [-0.3, -0.25) is 9.55 Å². The van der Waals surface area contributed by atoms with Gasteiger partial charge in [0.1, 0.15) is 5.65 Å². The topological polar surface area (TPSA) is 48.5 Å². The van der Waals surface area contributed by atoms with Crippen LogP contribution in [0.15, 0.2) is 200 Å². The van der Waals surface area contributed by atoms with Gasteiger partial charge in [-0.1, -0.05) is 103 Å². The maximum absolute atomic E-state index is 5.14. The van der Waals surface area contributed by atoms with Crippen molar-refractivity contribution in [3.63, 3.8) is 0 Å². The highest BCUT2D eigenvalue weighted by atomic mass is 15.0. The normalized spacial score (nSPS) is 11.6. The molecule has 262 valence electrons. The van der Waals surface area contributed by atoms with Crippen molar-refractivity contribution in [1.82, 2.24) is 24.1 Å². The average Bonchev–Trinajstić information content (AvgIpc) is 3.79. The van der Waals surface area contributed by atoms with E-state index in [1.54, 1.807) is 0 Å². The minimum absolute atomic E-state index is 0.895. The van der Waals surface area contributed by atoms with Crippen LogP contribution in [0.1, 0.15) is 0 Å². The van der Waals surface area contributed by atoms with E-state index in [9.17, 15) is 0 Å². The lowest BCUT2D eigenvalue weighted by Crippen LogP contribution is -1.96. The quantitative estimate of drug-likeness (QED) is 0.172. The molecule has 11 aromatic rings. The summed E-state index contributed by atoms with van der Waals surface area (Å²) in [6, 6.07) is 66.4. The summed E-state index contributed by atoms with van der Waals surface area (Å²) in [5.74, 6) is 0.